The molecule has 0 bridgehead atoms. The second-order valence-corrected chi connectivity index (χ2v) is 8.41. The van der Waals surface area contributed by atoms with Crippen molar-refractivity contribution in [1.82, 2.24) is 25.3 Å². The molecule has 184 valence electrons. The van der Waals surface area contributed by atoms with E-state index in [1.165, 1.54) is 24.5 Å². The van der Waals surface area contributed by atoms with Crippen molar-refractivity contribution < 1.29 is 23.9 Å². The molecule has 11 heteroatoms. The van der Waals surface area contributed by atoms with Gasteiger partial charge in [0, 0.05) is 36.5 Å². The first-order valence-corrected chi connectivity index (χ1v) is 11.8. The van der Waals surface area contributed by atoms with Crippen LogP contribution >= 0.6 is 11.3 Å². The minimum atomic E-state index is -0.505. The van der Waals surface area contributed by atoms with E-state index in [4.69, 9.17) is 9.90 Å². The number of rotatable bonds is 8. The Hall–Kier alpha value is -3.83. The summed E-state index contributed by atoms with van der Waals surface area (Å²) in [5, 5.41) is 15.5. The number of carbonyl (C=O) groups excluding carboxylic acids is 2. The van der Waals surface area contributed by atoms with E-state index in [0.29, 0.717) is 28.3 Å². The number of fused-ring (bicyclic) bond motifs is 3. The van der Waals surface area contributed by atoms with Gasteiger partial charge in [-0.2, -0.15) is 0 Å². The van der Waals surface area contributed by atoms with E-state index in [1.54, 1.807) is 24.4 Å². The number of carbonyl (C=O) groups is 3. The van der Waals surface area contributed by atoms with E-state index >= 15 is 0 Å². The smallest absolute Gasteiger partial charge is 0.290 e. The molecule has 9 nitrogen and oxygen atoms in total. The molecule has 4 N–H and O–H groups in total. The Kier molecular flexibility index (Phi) is 8.87. The monoisotopic (exact) mass is 499 g/mol. The Morgan fingerprint density at radius 2 is 1.86 bits per heavy atom. The van der Waals surface area contributed by atoms with Crippen LogP contribution < -0.4 is 16.0 Å². The summed E-state index contributed by atoms with van der Waals surface area (Å²) < 4.78 is 17.4. The first-order chi connectivity index (χ1) is 16.9. The van der Waals surface area contributed by atoms with Gasteiger partial charge in [-0.1, -0.05) is 18.3 Å². The second-order valence-electron chi connectivity index (χ2n) is 7.41. The van der Waals surface area contributed by atoms with Crippen LogP contribution in [0.3, 0.4) is 0 Å². The number of nitrogens with one attached hydrogen (secondary N) is 3. The number of hydrogen-bond acceptors (Lipinski definition) is 6. The molecule has 0 aliphatic heterocycles. The van der Waals surface area contributed by atoms with Gasteiger partial charge >= 0.3 is 0 Å². The van der Waals surface area contributed by atoms with Crippen LogP contribution in [0.15, 0.2) is 42.6 Å². The normalized spacial score (nSPS) is 10.6. The molecule has 2 aromatic carbocycles. The van der Waals surface area contributed by atoms with Crippen molar-refractivity contribution in [2.45, 2.75) is 13.3 Å². The quantitative estimate of drug-likeness (QED) is 0.218. The number of thiazole rings is 1. The number of nitrogens with zero attached hydrogens (tertiary/aromatic N) is 2. The van der Waals surface area contributed by atoms with E-state index in [-0.39, 0.29) is 23.9 Å². The molecule has 0 saturated carbocycles. The first kappa shape index (κ1) is 25.8. The highest BCUT2D eigenvalue weighted by Gasteiger charge is 2.16. The van der Waals surface area contributed by atoms with Crippen LogP contribution in [-0.2, 0) is 4.79 Å². The molecule has 0 saturated heterocycles. The molecule has 0 radical (unpaired) electrons. The van der Waals surface area contributed by atoms with Crippen LogP contribution in [0, 0.1) is 5.82 Å². The largest absolute Gasteiger partial charge is 0.483 e. The van der Waals surface area contributed by atoms with Crippen LogP contribution in [0.5, 0.6) is 0 Å². The van der Waals surface area contributed by atoms with Gasteiger partial charge in [-0.25, -0.2) is 9.37 Å². The van der Waals surface area contributed by atoms with Crippen molar-refractivity contribution in [3.8, 4) is 11.3 Å². The third-order valence-corrected chi connectivity index (χ3v) is 6.17. The number of halogens is 1. The molecular weight excluding hydrogens is 473 g/mol. The van der Waals surface area contributed by atoms with Crippen molar-refractivity contribution in [2.75, 3.05) is 26.7 Å². The fourth-order valence-electron chi connectivity index (χ4n) is 3.47. The van der Waals surface area contributed by atoms with Gasteiger partial charge < -0.3 is 21.1 Å². The minimum Gasteiger partial charge on any atom is -0.483 e. The number of hydrogen-bond donors (Lipinski definition) is 4. The lowest BCUT2D eigenvalue weighted by Gasteiger charge is -2.06. The standard InChI is InChI=1S/C23H24FN5O2S.CH2O2/c1-3-26-9-4-10-27-22(31)15-6-8-19-20(12-15)32-23-28-18(13-29(19)23)16-7-5-14(11-17(16)24)21(30)25-2;2-1-3/h5-8,11-13,26H,3-4,9-10H2,1-2H3,(H,25,30)(H,27,31);1H,(H,2,3). The highest BCUT2D eigenvalue weighted by atomic mass is 32.1. The van der Waals surface area contributed by atoms with Gasteiger partial charge in [0.05, 0.1) is 15.9 Å². The lowest BCUT2D eigenvalue weighted by Crippen LogP contribution is -2.27. The number of carboxylic acid groups (broad SMARTS) is 1. The fraction of sp³-hybridized carbons (Fsp3) is 0.250. The molecule has 0 unspecified atom stereocenters. The Morgan fingerprint density at radius 1 is 1.14 bits per heavy atom. The maximum Gasteiger partial charge on any atom is 0.290 e. The number of amides is 2. The predicted molar refractivity (Wildman–Crippen MR) is 134 cm³/mol. The molecule has 2 amide bonds. The molecule has 0 aliphatic carbocycles. The minimum absolute atomic E-state index is 0.103. The summed E-state index contributed by atoms with van der Waals surface area (Å²) in [7, 11) is 1.50. The van der Waals surface area contributed by atoms with Crippen LogP contribution in [0.2, 0.25) is 0 Å². The van der Waals surface area contributed by atoms with Crippen LogP contribution in [0.4, 0.5) is 4.39 Å². The zero-order chi connectivity index (χ0) is 25.4. The summed E-state index contributed by atoms with van der Waals surface area (Å²) in [6.07, 6.45) is 2.64. The number of benzene rings is 2. The summed E-state index contributed by atoms with van der Waals surface area (Å²) in [4.78, 5) is 37.8. The van der Waals surface area contributed by atoms with Gasteiger partial charge in [-0.3, -0.25) is 18.8 Å². The van der Waals surface area contributed by atoms with Crippen molar-refractivity contribution in [2.24, 2.45) is 0 Å². The summed E-state index contributed by atoms with van der Waals surface area (Å²) in [5.74, 6) is -0.951. The van der Waals surface area contributed by atoms with Gasteiger partial charge in [0.1, 0.15) is 5.82 Å². The van der Waals surface area contributed by atoms with E-state index in [2.05, 4.69) is 20.9 Å². The van der Waals surface area contributed by atoms with E-state index in [0.717, 1.165) is 29.7 Å². The Morgan fingerprint density at radius 3 is 2.54 bits per heavy atom. The molecule has 4 aromatic rings. The molecular formula is C24H26FN5O4S. The maximum absolute atomic E-state index is 14.6. The molecule has 0 aliphatic rings. The summed E-state index contributed by atoms with van der Waals surface area (Å²) in [6, 6.07) is 9.87. The molecule has 0 atom stereocenters. The Balaban J connectivity index is 0.00000108. The first-order valence-electron chi connectivity index (χ1n) is 10.9. The van der Waals surface area contributed by atoms with Gasteiger partial charge in [-0.15, -0.1) is 0 Å². The van der Waals surface area contributed by atoms with Crippen molar-refractivity contribution in [3.63, 3.8) is 0 Å². The predicted octanol–water partition coefficient (Wildman–Crippen LogP) is 3.14. The lowest BCUT2D eigenvalue weighted by atomic mass is 10.1. The molecule has 0 spiro atoms. The van der Waals surface area contributed by atoms with Gasteiger partial charge in [0.15, 0.2) is 4.96 Å². The SMILES string of the molecule is CCNCCCNC(=O)c1ccc2c(c1)sc1nc(-c3ccc(C(=O)NC)cc3F)cn12.O=CO. The highest BCUT2D eigenvalue weighted by molar-refractivity contribution is 7.23. The maximum atomic E-state index is 14.6. The number of imidazole rings is 1. The lowest BCUT2D eigenvalue weighted by molar-refractivity contribution is -0.122. The van der Waals surface area contributed by atoms with Crippen molar-refractivity contribution in [3.05, 3.63) is 59.5 Å². The van der Waals surface area contributed by atoms with Crippen LogP contribution in [-0.4, -0.2) is 59.5 Å². The summed E-state index contributed by atoms with van der Waals surface area (Å²) in [5.41, 5.74) is 2.57. The average molecular weight is 500 g/mol. The summed E-state index contributed by atoms with van der Waals surface area (Å²) >= 11 is 1.44. The third-order valence-electron chi connectivity index (χ3n) is 5.16. The molecule has 35 heavy (non-hydrogen) atoms. The van der Waals surface area contributed by atoms with E-state index in [1.807, 2.05) is 23.5 Å². The third kappa shape index (κ3) is 6.00. The molecule has 0 fully saturated rings. The molecule has 2 heterocycles. The summed E-state index contributed by atoms with van der Waals surface area (Å²) in [6.45, 7) is 4.20. The van der Waals surface area contributed by atoms with Gasteiger partial charge in [0.2, 0.25) is 0 Å². The van der Waals surface area contributed by atoms with Crippen molar-refractivity contribution >= 4 is 44.8 Å². The average Bonchev–Trinajstić information content (AvgIpc) is 3.41. The van der Waals surface area contributed by atoms with Crippen molar-refractivity contribution in [1.29, 1.82) is 0 Å². The van der Waals surface area contributed by atoms with E-state index in [9.17, 15) is 14.0 Å². The van der Waals surface area contributed by atoms with Crippen LogP contribution in [0.1, 0.15) is 34.1 Å². The highest BCUT2D eigenvalue weighted by Crippen LogP contribution is 2.31. The molecule has 4 rings (SSSR count). The Labute approximate surface area is 205 Å². The Bertz CT molecular complexity index is 1350. The number of aromatic nitrogens is 2. The molecule has 2 aromatic heterocycles. The van der Waals surface area contributed by atoms with E-state index < -0.39 is 5.82 Å². The second kappa shape index (κ2) is 12.0. The zero-order valence-corrected chi connectivity index (χ0v) is 20.1. The fourth-order valence-corrected chi connectivity index (χ4v) is 4.52. The van der Waals surface area contributed by atoms with Gasteiger partial charge in [-0.05, 0) is 55.9 Å². The zero-order valence-electron chi connectivity index (χ0n) is 19.3. The topological polar surface area (TPSA) is 125 Å². The van der Waals surface area contributed by atoms with Crippen LogP contribution in [0.25, 0.3) is 26.4 Å². The van der Waals surface area contributed by atoms with Gasteiger partial charge in [0.25, 0.3) is 18.3 Å².